The molecule has 0 atom stereocenters. The van der Waals surface area contributed by atoms with Crippen LogP contribution in [0, 0.1) is 12.3 Å². The van der Waals surface area contributed by atoms with Crippen LogP contribution >= 0.6 is 0 Å². The van der Waals surface area contributed by atoms with Crippen molar-refractivity contribution in [1.82, 2.24) is 14.7 Å². The highest BCUT2D eigenvalue weighted by molar-refractivity contribution is 5.81. The average molecular weight is 473 g/mol. The molecule has 0 fully saturated rings. The number of halogens is 3. The Morgan fingerprint density at radius 1 is 1.15 bits per heavy atom. The highest BCUT2D eigenvalue weighted by atomic mass is 19.4. The molecule has 1 aliphatic heterocycles. The van der Waals surface area contributed by atoms with E-state index >= 15 is 0 Å². The monoisotopic (exact) mass is 472 g/mol. The summed E-state index contributed by atoms with van der Waals surface area (Å²) in [4.78, 5) is 18.7. The Labute approximate surface area is 199 Å². The van der Waals surface area contributed by atoms with Crippen LogP contribution in [-0.2, 0) is 30.5 Å². The topological polar surface area (TPSA) is 38.8 Å². The molecule has 0 radical (unpaired) electrons. The molecule has 1 N–H and O–H groups in total. The first-order chi connectivity index (χ1) is 16.2. The Morgan fingerprint density at radius 2 is 1.91 bits per heavy atom. The van der Waals surface area contributed by atoms with Crippen molar-refractivity contribution < 1.29 is 18.0 Å². The van der Waals surface area contributed by atoms with Gasteiger partial charge >= 0.3 is 6.18 Å². The molecule has 0 unspecified atom stereocenters. The maximum absolute atomic E-state index is 13.5. The van der Waals surface area contributed by atoms with Gasteiger partial charge in [-0.3, -0.25) is 9.69 Å². The molecule has 3 rings (SSSR count). The number of carbonyl (C=O) groups excluding carboxylic acids is 1. The second-order valence-electron chi connectivity index (χ2n) is 8.74. The van der Waals surface area contributed by atoms with E-state index < -0.39 is 11.7 Å². The Hall–Kier alpha value is -3.02. The lowest BCUT2D eigenvalue weighted by Gasteiger charge is -2.29. The molecule has 182 valence electrons. The summed E-state index contributed by atoms with van der Waals surface area (Å²) in [5.74, 6) is 2.43. The molecule has 34 heavy (non-hydrogen) atoms. The third-order valence-corrected chi connectivity index (χ3v) is 5.94. The Balaban J connectivity index is 1.73. The summed E-state index contributed by atoms with van der Waals surface area (Å²) in [6.07, 6.45) is 1.78. The average Bonchev–Trinajstić information content (AvgIpc) is 2.79. The van der Waals surface area contributed by atoms with E-state index in [2.05, 4.69) is 22.2 Å². The van der Waals surface area contributed by atoms with E-state index in [0.29, 0.717) is 19.6 Å². The van der Waals surface area contributed by atoms with Crippen molar-refractivity contribution in [3.05, 3.63) is 64.7 Å². The molecule has 0 spiro atoms. The molecule has 8 heteroatoms. The molecule has 2 aromatic rings. The number of likely N-dealkylation sites (N-methyl/N-ethyl adjacent to an activating group) is 1. The number of terminal acetylenes is 1. The van der Waals surface area contributed by atoms with E-state index in [0.717, 1.165) is 36.8 Å². The van der Waals surface area contributed by atoms with E-state index in [1.807, 2.05) is 31.1 Å². The minimum absolute atomic E-state index is 0.00609. The number of hydrogen-bond acceptors (Lipinski definition) is 4. The molecule has 0 saturated heterocycles. The normalized spacial score (nSPS) is 13.9. The number of rotatable bonds is 9. The van der Waals surface area contributed by atoms with Crippen LogP contribution in [0.3, 0.4) is 0 Å². The standard InChI is InChI=1S/C26H31F3N4O/c1-4-13-32-14-12-22-20(18-32)9-7-11-24(22)30-17-25(34)33(16-15-31(2)3)19-21-8-5-6-10-23(21)26(27,28)29/h1,5-11,30H,12-19H2,2-3H3. The van der Waals surface area contributed by atoms with Crippen LogP contribution in [0.1, 0.15) is 22.3 Å². The lowest BCUT2D eigenvalue weighted by molar-refractivity contribution is -0.139. The third kappa shape index (κ3) is 6.75. The number of alkyl halides is 3. The summed E-state index contributed by atoms with van der Waals surface area (Å²) in [5, 5.41) is 3.23. The molecular formula is C26H31F3N4O. The SMILES string of the molecule is C#CCN1CCc2c(cccc2NCC(=O)N(CCN(C)C)Cc2ccccc2C(F)(F)F)C1. The van der Waals surface area contributed by atoms with Gasteiger partial charge in [0.25, 0.3) is 0 Å². The Bertz CT molecular complexity index is 1030. The summed E-state index contributed by atoms with van der Waals surface area (Å²) in [6, 6.07) is 11.4. The van der Waals surface area contributed by atoms with Crippen molar-refractivity contribution in [1.29, 1.82) is 0 Å². The summed E-state index contributed by atoms with van der Waals surface area (Å²) in [7, 11) is 3.73. The Kier molecular flexibility index (Phi) is 8.59. The summed E-state index contributed by atoms with van der Waals surface area (Å²) < 4.78 is 40.4. The first-order valence-electron chi connectivity index (χ1n) is 11.3. The number of amides is 1. The fourth-order valence-corrected chi connectivity index (χ4v) is 4.13. The van der Waals surface area contributed by atoms with Gasteiger partial charge in [-0.2, -0.15) is 13.2 Å². The van der Waals surface area contributed by atoms with Crippen LogP contribution in [0.5, 0.6) is 0 Å². The molecule has 1 aliphatic rings. The fraction of sp³-hybridized carbons (Fsp3) is 0.423. The summed E-state index contributed by atoms with van der Waals surface area (Å²) >= 11 is 0. The van der Waals surface area contributed by atoms with E-state index in [1.165, 1.54) is 22.6 Å². The van der Waals surface area contributed by atoms with Crippen molar-refractivity contribution in [3.63, 3.8) is 0 Å². The van der Waals surface area contributed by atoms with Crippen LogP contribution in [0.2, 0.25) is 0 Å². The summed E-state index contributed by atoms with van der Waals surface area (Å²) in [5.41, 5.74) is 2.59. The number of anilines is 1. The zero-order valence-corrected chi connectivity index (χ0v) is 19.7. The molecule has 5 nitrogen and oxygen atoms in total. The van der Waals surface area contributed by atoms with E-state index in [9.17, 15) is 18.0 Å². The minimum atomic E-state index is -4.47. The molecule has 0 bridgehead atoms. The zero-order chi connectivity index (χ0) is 24.7. The smallest absolute Gasteiger partial charge is 0.376 e. The van der Waals surface area contributed by atoms with Gasteiger partial charge in [0, 0.05) is 38.4 Å². The lowest BCUT2D eigenvalue weighted by Crippen LogP contribution is -2.40. The van der Waals surface area contributed by atoms with Crippen molar-refractivity contribution in [3.8, 4) is 12.3 Å². The van der Waals surface area contributed by atoms with Crippen LogP contribution in [0.25, 0.3) is 0 Å². The molecule has 1 heterocycles. The first kappa shape index (κ1) is 25.6. The zero-order valence-electron chi connectivity index (χ0n) is 19.7. The van der Waals surface area contributed by atoms with Crippen LogP contribution in [-0.4, -0.2) is 67.4 Å². The maximum Gasteiger partial charge on any atom is 0.416 e. The van der Waals surface area contributed by atoms with Gasteiger partial charge in [0.1, 0.15) is 0 Å². The lowest BCUT2D eigenvalue weighted by atomic mass is 9.97. The van der Waals surface area contributed by atoms with Gasteiger partial charge in [0.2, 0.25) is 5.91 Å². The minimum Gasteiger partial charge on any atom is -0.376 e. The van der Waals surface area contributed by atoms with Gasteiger partial charge in [-0.15, -0.1) is 6.42 Å². The number of nitrogens with one attached hydrogen (secondary N) is 1. The Morgan fingerprint density at radius 3 is 2.62 bits per heavy atom. The van der Waals surface area contributed by atoms with Crippen molar-refractivity contribution in [2.75, 3.05) is 52.1 Å². The second-order valence-corrected chi connectivity index (χ2v) is 8.74. The van der Waals surface area contributed by atoms with E-state index in [4.69, 9.17) is 6.42 Å². The van der Waals surface area contributed by atoms with E-state index in [-0.39, 0.29) is 24.6 Å². The molecule has 1 amide bonds. The van der Waals surface area contributed by atoms with Gasteiger partial charge in [0.05, 0.1) is 18.7 Å². The second kappa shape index (κ2) is 11.4. The molecule has 0 aromatic heterocycles. The predicted molar refractivity (Wildman–Crippen MR) is 128 cm³/mol. The van der Waals surface area contributed by atoms with Crippen molar-refractivity contribution in [2.24, 2.45) is 0 Å². The maximum atomic E-state index is 13.5. The third-order valence-electron chi connectivity index (χ3n) is 5.94. The van der Waals surface area contributed by atoms with Gasteiger partial charge in [-0.05, 0) is 49.3 Å². The van der Waals surface area contributed by atoms with E-state index in [1.54, 1.807) is 6.07 Å². The highest BCUT2D eigenvalue weighted by Crippen LogP contribution is 2.32. The first-order valence-corrected chi connectivity index (χ1v) is 11.3. The molecule has 0 aliphatic carbocycles. The van der Waals surface area contributed by atoms with Gasteiger partial charge in [-0.25, -0.2) is 0 Å². The number of fused-ring (bicyclic) bond motifs is 1. The molecule has 0 saturated carbocycles. The van der Waals surface area contributed by atoms with Gasteiger partial charge in [-0.1, -0.05) is 36.3 Å². The van der Waals surface area contributed by atoms with Gasteiger partial charge in [0.15, 0.2) is 0 Å². The molecule has 2 aromatic carbocycles. The quantitative estimate of drug-likeness (QED) is 0.565. The summed E-state index contributed by atoms with van der Waals surface area (Å²) in [6.45, 7) is 2.97. The van der Waals surface area contributed by atoms with Crippen LogP contribution in [0.15, 0.2) is 42.5 Å². The number of hydrogen-bond donors (Lipinski definition) is 1. The fourth-order valence-electron chi connectivity index (χ4n) is 4.13. The molecular weight excluding hydrogens is 441 g/mol. The van der Waals surface area contributed by atoms with Crippen molar-refractivity contribution in [2.45, 2.75) is 25.7 Å². The van der Waals surface area contributed by atoms with Crippen LogP contribution < -0.4 is 5.32 Å². The number of carbonyl (C=O) groups is 1. The largest absolute Gasteiger partial charge is 0.416 e. The van der Waals surface area contributed by atoms with Crippen LogP contribution in [0.4, 0.5) is 18.9 Å². The van der Waals surface area contributed by atoms with Crippen molar-refractivity contribution >= 4 is 11.6 Å². The highest BCUT2D eigenvalue weighted by Gasteiger charge is 2.33. The number of benzene rings is 2. The van der Waals surface area contributed by atoms with Gasteiger partial charge < -0.3 is 15.1 Å². The number of nitrogens with zero attached hydrogens (tertiary/aromatic N) is 3. The predicted octanol–water partition coefficient (Wildman–Crippen LogP) is 3.70.